The third-order valence-electron chi connectivity index (χ3n) is 10.1. The van der Waals surface area contributed by atoms with E-state index >= 15 is 0 Å². The van der Waals surface area contributed by atoms with Crippen molar-refractivity contribution in [1.29, 1.82) is 0 Å². The van der Waals surface area contributed by atoms with Crippen LogP contribution in [0, 0.1) is 23.7 Å². The Bertz CT molecular complexity index is 1660. The van der Waals surface area contributed by atoms with Crippen LogP contribution in [0.5, 0.6) is 0 Å². The maximum atomic E-state index is 13.9. The zero-order valence-corrected chi connectivity index (χ0v) is 34.1. The van der Waals surface area contributed by atoms with Crippen molar-refractivity contribution in [3.05, 3.63) is 35.9 Å². The normalized spacial score (nSPS) is 18.8. The van der Waals surface area contributed by atoms with Gasteiger partial charge in [0.25, 0.3) is 5.91 Å². The molecule has 0 radical (unpaired) electrons. The molecule has 11 N–H and O–H groups in total. The fourth-order valence-electron chi connectivity index (χ4n) is 6.80. The fraction of sp³-hybridized carbons (Fsp3) is 0.625. The van der Waals surface area contributed by atoms with Gasteiger partial charge in [-0.1, -0.05) is 64.4 Å². The third kappa shape index (κ3) is 16.8. The number of nitrogens with one attached hydrogen (secondary N) is 5. The van der Waals surface area contributed by atoms with E-state index in [1.165, 1.54) is 6.92 Å². The van der Waals surface area contributed by atoms with Crippen LogP contribution in [0.1, 0.15) is 91.5 Å². The first-order valence-electron chi connectivity index (χ1n) is 19.8. The van der Waals surface area contributed by atoms with E-state index < -0.39 is 120 Å². The molecular formula is C40H60N6O13. The molecule has 0 spiro atoms. The highest BCUT2D eigenvalue weighted by Gasteiger charge is 2.37. The Labute approximate surface area is 343 Å². The first-order chi connectivity index (χ1) is 27.6. The van der Waals surface area contributed by atoms with Crippen molar-refractivity contribution in [2.45, 2.75) is 135 Å². The van der Waals surface area contributed by atoms with E-state index in [-0.39, 0.29) is 38.0 Å². The number of aliphatic hydroxyl groups is 1. The largest absolute Gasteiger partial charge is 0.481 e. The molecular weight excluding hydrogens is 772 g/mol. The smallest absolute Gasteiger partial charge is 0.306 e. The molecule has 1 aromatic rings. The third-order valence-corrected chi connectivity index (χ3v) is 10.1. The van der Waals surface area contributed by atoms with Gasteiger partial charge in [0.05, 0.1) is 30.5 Å². The SMILES string of the molecule is CC(C)C[C@H](NC(=O)[C@@H](NC(=O)[C@@H](N)CCC(=O)O)C(C)C)C(=O)N[C@@H](Cc1ccccc1)[C@@H](O)C(=O)N[C@@H](CC(=O)O)C(=O)N[C@@H](C)C(=O)C1CCCC(C(=O)O)C1. The van der Waals surface area contributed by atoms with E-state index in [0.29, 0.717) is 24.8 Å². The van der Waals surface area contributed by atoms with Gasteiger partial charge in [0.2, 0.25) is 23.6 Å². The topological polar surface area (TPSA) is 321 Å². The monoisotopic (exact) mass is 832 g/mol. The zero-order chi connectivity index (χ0) is 44.6. The Morgan fingerprint density at radius 3 is 1.86 bits per heavy atom. The van der Waals surface area contributed by atoms with Crippen molar-refractivity contribution < 1.29 is 63.6 Å². The molecule has 328 valence electrons. The minimum Gasteiger partial charge on any atom is -0.481 e. The van der Waals surface area contributed by atoms with Gasteiger partial charge in [-0.3, -0.25) is 43.2 Å². The number of Topliss-reactive ketones (excluding diaryl/α,β-unsaturated/α-hetero) is 1. The van der Waals surface area contributed by atoms with Crippen LogP contribution < -0.4 is 32.3 Å². The molecule has 59 heavy (non-hydrogen) atoms. The lowest BCUT2D eigenvalue weighted by Gasteiger charge is -2.30. The summed E-state index contributed by atoms with van der Waals surface area (Å²) in [4.78, 5) is 115. The number of amides is 5. The van der Waals surface area contributed by atoms with E-state index in [1.54, 1.807) is 58.0 Å². The Hall–Kier alpha value is -5.43. The predicted octanol–water partition coefficient (Wildman–Crippen LogP) is -0.137. The van der Waals surface area contributed by atoms with Gasteiger partial charge in [0.15, 0.2) is 11.9 Å². The first-order valence-corrected chi connectivity index (χ1v) is 19.8. The number of hydrogen-bond donors (Lipinski definition) is 10. The van der Waals surface area contributed by atoms with Crippen LogP contribution in [0.25, 0.3) is 0 Å². The standard InChI is InChI=1S/C40H60N6O13/c1-20(2)16-28(44-38(56)32(21(3)4)46-35(53)26(41)14-15-30(47)48)37(55)43-27(17-23-10-7-6-8-11-23)34(52)39(57)45-29(19-31(49)50)36(54)42-22(5)33(51)24-12-9-13-25(18-24)40(58)59/h6-8,10-11,20-22,24-29,32,34,52H,9,12-19,41H2,1-5H3,(H,42,54)(H,43,55)(H,44,56)(H,45,57)(H,46,53)(H,47,48)(H,49,50)(H,58,59)/t22-,24?,25?,26-,27-,28-,29-,32-,34+/m0/s1. The van der Waals surface area contributed by atoms with Crippen molar-refractivity contribution >= 4 is 53.2 Å². The van der Waals surface area contributed by atoms with E-state index in [1.807, 2.05) is 0 Å². The van der Waals surface area contributed by atoms with Gasteiger partial charge in [-0.05, 0) is 62.8 Å². The summed E-state index contributed by atoms with van der Waals surface area (Å²) in [6.45, 7) is 8.21. The summed E-state index contributed by atoms with van der Waals surface area (Å²) in [5.41, 5.74) is 6.40. The number of aliphatic hydroxyl groups excluding tert-OH is 1. The van der Waals surface area contributed by atoms with Crippen molar-refractivity contribution in [3.8, 4) is 0 Å². The summed E-state index contributed by atoms with van der Waals surface area (Å²) in [7, 11) is 0. The number of aliphatic carboxylic acids is 3. The molecule has 1 aliphatic rings. The molecule has 0 aromatic heterocycles. The number of carboxylic acids is 3. The van der Waals surface area contributed by atoms with E-state index in [2.05, 4.69) is 26.6 Å². The molecule has 1 fully saturated rings. The Kier molecular flexibility index (Phi) is 20.1. The summed E-state index contributed by atoms with van der Waals surface area (Å²) in [5.74, 6) is -10.8. The number of hydrogen-bond acceptors (Lipinski definition) is 11. The van der Waals surface area contributed by atoms with Gasteiger partial charge < -0.3 is 52.7 Å². The molecule has 1 saturated carbocycles. The Morgan fingerprint density at radius 2 is 1.31 bits per heavy atom. The van der Waals surface area contributed by atoms with Crippen molar-refractivity contribution in [2.75, 3.05) is 0 Å². The summed E-state index contributed by atoms with van der Waals surface area (Å²) < 4.78 is 0. The van der Waals surface area contributed by atoms with Crippen molar-refractivity contribution in [1.82, 2.24) is 26.6 Å². The molecule has 9 atom stereocenters. The summed E-state index contributed by atoms with van der Waals surface area (Å²) in [6, 6.07) is 0.426. The van der Waals surface area contributed by atoms with Gasteiger partial charge in [-0.25, -0.2) is 0 Å². The van der Waals surface area contributed by atoms with Crippen LogP contribution in [0.3, 0.4) is 0 Å². The molecule has 2 rings (SSSR count). The average molecular weight is 833 g/mol. The molecule has 0 heterocycles. The number of carboxylic acid groups (broad SMARTS) is 3. The van der Waals surface area contributed by atoms with Gasteiger partial charge in [-0.2, -0.15) is 0 Å². The molecule has 0 bridgehead atoms. The number of rotatable bonds is 24. The number of benzene rings is 1. The number of nitrogens with two attached hydrogens (primary N) is 1. The number of carbonyl (C=O) groups is 9. The highest BCUT2D eigenvalue weighted by molar-refractivity contribution is 5.96. The van der Waals surface area contributed by atoms with Gasteiger partial charge >= 0.3 is 17.9 Å². The van der Waals surface area contributed by atoms with Gasteiger partial charge in [0.1, 0.15) is 18.1 Å². The summed E-state index contributed by atoms with van der Waals surface area (Å²) in [6.07, 6.45) is -2.21. The van der Waals surface area contributed by atoms with E-state index in [9.17, 15) is 58.5 Å². The maximum absolute atomic E-state index is 13.9. The number of carbonyl (C=O) groups excluding carboxylic acids is 6. The number of ketones is 1. The van der Waals surface area contributed by atoms with Crippen LogP contribution in [-0.4, -0.2) is 116 Å². The van der Waals surface area contributed by atoms with Crippen LogP contribution in [0.4, 0.5) is 0 Å². The van der Waals surface area contributed by atoms with E-state index in [0.717, 1.165) is 0 Å². The molecule has 5 amide bonds. The lowest BCUT2D eigenvalue weighted by Crippen LogP contribution is -2.61. The molecule has 1 aliphatic carbocycles. The van der Waals surface area contributed by atoms with Gasteiger partial charge in [0, 0.05) is 12.3 Å². The molecule has 2 unspecified atom stereocenters. The highest BCUT2D eigenvalue weighted by atomic mass is 16.4. The average Bonchev–Trinajstić information content (AvgIpc) is 3.17. The summed E-state index contributed by atoms with van der Waals surface area (Å²) >= 11 is 0. The van der Waals surface area contributed by atoms with Crippen LogP contribution in [0.2, 0.25) is 0 Å². The zero-order valence-electron chi connectivity index (χ0n) is 34.1. The van der Waals surface area contributed by atoms with Gasteiger partial charge in [-0.15, -0.1) is 0 Å². The molecule has 19 heteroatoms. The predicted molar refractivity (Wildman–Crippen MR) is 211 cm³/mol. The Balaban J connectivity index is 2.30. The van der Waals surface area contributed by atoms with Crippen LogP contribution in [-0.2, 0) is 49.6 Å². The molecule has 1 aromatic carbocycles. The lowest BCUT2D eigenvalue weighted by atomic mass is 9.78. The lowest BCUT2D eigenvalue weighted by molar-refractivity contribution is -0.144. The first kappa shape index (κ1) is 49.7. The maximum Gasteiger partial charge on any atom is 0.306 e. The minimum atomic E-state index is -2.08. The van der Waals surface area contributed by atoms with E-state index in [4.69, 9.17) is 10.8 Å². The highest BCUT2D eigenvalue weighted by Crippen LogP contribution is 2.30. The second-order valence-electron chi connectivity index (χ2n) is 15.9. The second-order valence-corrected chi connectivity index (χ2v) is 15.9. The van der Waals surface area contributed by atoms with Crippen LogP contribution in [0.15, 0.2) is 30.3 Å². The Morgan fingerprint density at radius 1 is 0.712 bits per heavy atom. The van der Waals surface area contributed by atoms with Crippen molar-refractivity contribution in [2.24, 2.45) is 29.4 Å². The fourth-order valence-corrected chi connectivity index (χ4v) is 6.80. The minimum absolute atomic E-state index is 0.0738. The van der Waals surface area contributed by atoms with Crippen LogP contribution >= 0.6 is 0 Å². The quantitative estimate of drug-likeness (QED) is 0.0649. The van der Waals surface area contributed by atoms with Crippen molar-refractivity contribution in [3.63, 3.8) is 0 Å². The molecule has 19 nitrogen and oxygen atoms in total. The second kappa shape index (κ2) is 23.8. The molecule has 0 saturated heterocycles. The molecule has 0 aliphatic heterocycles. The summed E-state index contributed by atoms with van der Waals surface area (Å²) in [5, 5.41) is 51.7.